The van der Waals surface area contributed by atoms with E-state index < -0.39 is 5.97 Å². The minimum absolute atomic E-state index is 0.00444. The molecule has 0 aromatic carbocycles. The Kier molecular flexibility index (Phi) is 2.39. The Balaban J connectivity index is 2.84. The Labute approximate surface area is 69.1 Å². The monoisotopic (exact) mass is 170 g/mol. The highest BCUT2D eigenvalue weighted by Crippen LogP contribution is 2.02. The van der Waals surface area contributed by atoms with Gasteiger partial charge >= 0.3 is 5.97 Å². The zero-order valence-electron chi connectivity index (χ0n) is 6.87. The smallest absolute Gasteiger partial charge is 0.377 e. The second-order valence-corrected chi connectivity index (χ2v) is 2.32. The molecule has 0 bridgehead atoms. The van der Waals surface area contributed by atoms with Crippen LogP contribution in [0, 0.1) is 0 Å². The van der Waals surface area contributed by atoms with Crippen LogP contribution in [-0.4, -0.2) is 28.3 Å². The van der Waals surface area contributed by atoms with Crippen LogP contribution in [-0.2, 0) is 4.74 Å². The fourth-order valence-corrected chi connectivity index (χ4v) is 0.661. The van der Waals surface area contributed by atoms with Crippen LogP contribution in [0.5, 0.6) is 0 Å². The maximum absolute atomic E-state index is 10.8. The number of esters is 1. The lowest BCUT2D eigenvalue weighted by Gasteiger charge is -1.95. The zero-order valence-corrected chi connectivity index (χ0v) is 6.87. The van der Waals surface area contributed by atoms with E-state index in [2.05, 4.69) is 19.9 Å². The second-order valence-electron chi connectivity index (χ2n) is 2.32. The molecule has 6 nitrogen and oxygen atoms in total. The third-order valence-corrected chi connectivity index (χ3v) is 1.30. The third-order valence-electron chi connectivity index (χ3n) is 1.30. The molecule has 3 N–H and O–H groups in total. The molecular formula is C6H10N4O2. The van der Waals surface area contributed by atoms with E-state index in [1.165, 1.54) is 7.11 Å². The normalized spacial score (nSPS) is 12.6. The number of nitrogens with one attached hydrogen (secondary N) is 1. The van der Waals surface area contributed by atoms with Crippen molar-refractivity contribution >= 4 is 5.97 Å². The maximum Gasteiger partial charge on any atom is 0.377 e. The standard InChI is InChI=1S/C6H10N4O2/c1-3(7)4-8-5(10-9-4)6(11)12-2/h3H,7H2,1-2H3,(H,8,9,10). The number of aromatic amines is 1. The largest absolute Gasteiger partial charge is 0.463 e. The van der Waals surface area contributed by atoms with Gasteiger partial charge in [-0.1, -0.05) is 0 Å². The second kappa shape index (κ2) is 3.31. The van der Waals surface area contributed by atoms with Gasteiger partial charge in [-0.25, -0.2) is 9.78 Å². The predicted octanol–water partition coefficient (Wildman–Crippen LogP) is -0.389. The summed E-state index contributed by atoms with van der Waals surface area (Å²) in [5, 5.41) is 6.15. The number of H-pyrrole nitrogens is 1. The summed E-state index contributed by atoms with van der Waals surface area (Å²) in [6.45, 7) is 1.74. The Morgan fingerprint density at radius 3 is 2.83 bits per heavy atom. The van der Waals surface area contributed by atoms with Crippen LogP contribution >= 0.6 is 0 Å². The summed E-state index contributed by atoms with van der Waals surface area (Å²) in [6.07, 6.45) is 0. The summed E-state index contributed by atoms with van der Waals surface area (Å²) in [5.41, 5.74) is 5.48. The number of rotatable bonds is 2. The molecule has 0 saturated heterocycles. The van der Waals surface area contributed by atoms with Crippen molar-refractivity contribution < 1.29 is 9.53 Å². The summed E-state index contributed by atoms with van der Waals surface area (Å²) in [5.74, 6) is -0.0987. The fourth-order valence-electron chi connectivity index (χ4n) is 0.661. The lowest BCUT2D eigenvalue weighted by Crippen LogP contribution is -2.08. The van der Waals surface area contributed by atoms with Crippen molar-refractivity contribution in [3.05, 3.63) is 11.6 Å². The van der Waals surface area contributed by atoms with Crippen LogP contribution in [0.3, 0.4) is 0 Å². The number of hydrogen-bond donors (Lipinski definition) is 2. The Hall–Kier alpha value is -1.43. The molecule has 1 aromatic heterocycles. The topological polar surface area (TPSA) is 93.9 Å². The molecule has 0 fully saturated rings. The van der Waals surface area contributed by atoms with E-state index in [0.29, 0.717) is 5.82 Å². The summed E-state index contributed by atoms with van der Waals surface area (Å²) < 4.78 is 4.40. The number of carbonyl (C=O) groups is 1. The van der Waals surface area contributed by atoms with Gasteiger partial charge in [-0.05, 0) is 6.92 Å². The first-order valence-electron chi connectivity index (χ1n) is 3.41. The molecule has 12 heavy (non-hydrogen) atoms. The average molecular weight is 170 g/mol. The molecule has 0 aliphatic heterocycles. The van der Waals surface area contributed by atoms with Crippen LogP contribution in [0.15, 0.2) is 0 Å². The number of ether oxygens (including phenoxy) is 1. The van der Waals surface area contributed by atoms with Crippen molar-refractivity contribution in [3.63, 3.8) is 0 Å². The predicted molar refractivity (Wildman–Crippen MR) is 40.3 cm³/mol. The first-order valence-corrected chi connectivity index (χ1v) is 3.41. The van der Waals surface area contributed by atoms with Crippen molar-refractivity contribution in [2.24, 2.45) is 5.73 Å². The lowest BCUT2D eigenvalue weighted by molar-refractivity contribution is 0.0587. The maximum atomic E-state index is 10.8. The molecule has 1 atom stereocenters. The molecule has 0 spiro atoms. The number of aromatic nitrogens is 3. The fraction of sp³-hybridized carbons (Fsp3) is 0.500. The SMILES string of the molecule is COC(=O)c1n[nH]c(C(C)N)n1. The van der Waals surface area contributed by atoms with Crippen LogP contribution in [0.4, 0.5) is 0 Å². The van der Waals surface area contributed by atoms with E-state index in [9.17, 15) is 4.79 Å². The molecule has 66 valence electrons. The highest BCUT2D eigenvalue weighted by molar-refractivity contribution is 5.84. The molecule has 0 saturated carbocycles. The zero-order chi connectivity index (χ0) is 9.14. The molecule has 1 aromatic rings. The Bertz CT molecular complexity index is 281. The Morgan fingerprint density at radius 2 is 2.42 bits per heavy atom. The van der Waals surface area contributed by atoms with Crippen molar-refractivity contribution in [1.29, 1.82) is 0 Å². The van der Waals surface area contributed by atoms with Crippen molar-refractivity contribution in [2.45, 2.75) is 13.0 Å². The van der Waals surface area contributed by atoms with Gasteiger partial charge in [-0.3, -0.25) is 5.10 Å². The van der Waals surface area contributed by atoms with Gasteiger partial charge in [0.05, 0.1) is 13.2 Å². The lowest BCUT2D eigenvalue weighted by atomic mass is 10.3. The van der Waals surface area contributed by atoms with Crippen LogP contribution < -0.4 is 5.73 Å². The van der Waals surface area contributed by atoms with Crippen molar-refractivity contribution in [2.75, 3.05) is 7.11 Å². The highest BCUT2D eigenvalue weighted by Gasteiger charge is 2.13. The molecule has 1 unspecified atom stereocenters. The minimum atomic E-state index is -0.571. The van der Waals surface area contributed by atoms with Gasteiger partial charge in [0.15, 0.2) is 0 Å². The first-order chi connectivity index (χ1) is 5.65. The summed E-state index contributed by atoms with van der Waals surface area (Å²) in [6, 6.07) is -0.268. The third kappa shape index (κ3) is 1.59. The first kappa shape index (κ1) is 8.66. The summed E-state index contributed by atoms with van der Waals surface area (Å²) >= 11 is 0. The van der Waals surface area contributed by atoms with Gasteiger partial charge in [-0.2, -0.15) is 0 Å². The minimum Gasteiger partial charge on any atom is -0.463 e. The molecule has 1 rings (SSSR count). The van der Waals surface area contributed by atoms with Gasteiger partial charge in [0.2, 0.25) is 0 Å². The molecule has 0 radical (unpaired) electrons. The van der Waals surface area contributed by atoms with Gasteiger partial charge in [0, 0.05) is 0 Å². The van der Waals surface area contributed by atoms with Gasteiger partial charge in [0.1, 0.15) is 5.82 Å². The van der Waals surface area contributed by atoms with Crippen molar-refractivity contribution in [3.8, 4) is 0 Å². The highest BCUT2D eigenvalue weighted by atomic mass is 16.5. The molecule has 0 amide bonds. The van der Waals surface area contributed by atoms with E-state index in [4.69, 9.17) is 5.73 Å². The van der Waals surface area contributed by atoms with E-state index in [1.807, 2.05) is 0 Å². The number of nitrogens with two attached hydrogens (primary N) is 1. The van der Waals surface area contributed by atoms with Gasteiger partial charge in [0.25, 0.3) is 5.82 Å². The van der Waals surface area contributed by atoms with E-state index in [-0.39, 0.29) is 11.9 Å². The van der Waals surface area contributed by atoms with E-state index in [0.717, 1.165) is 0 Å². The molecule has 1 heterocycles. The number of carbonyl (C=O) groups excluding carboxylic acids is 1. The van der Waals surface area contributed by atoms with Crippen molar-refractivity contribution in [1.82, 2.24) is 15.2 Å². The Morgan fingerprint density at radius 1 is 1.75 bits per heavy atom. The van der Waals surface area contributed by atoms with E-state index in [1.54, 1.807) is 6.92 Å². The molecular weight excluding hydrogens is 160 g/mol. The quantitative estimate of drug-likeness (QED) is 0.589. The number of methoxy groups -OCH3 is 1. The van der Waals surface area contributed by atoms with E-state index >= 15 is 0 Å². The van der Waals surface area contributed by atoms with Gasteiger partial charge < -0.3 is 10.5 Å². The number of hydrogen-bond acceptors (Lipinski definition) is 5. The molecule has 0 aliphatic carbocycles. The summed E-state index contributed by atoms with van der Waals surface area (Å²) in [4.78, 5) is 14.7. The van der Waals surface area contributed by atoms with Crippen LogP contribution in [0.25, 0.3) is 0 Å². The molecule has 6 heteroatoms. The van der Waals surface area contributed by atoms with Crippen LogP contribution in [0.1, 0.15) is 29.4 Å². The summed E-state index contributed by atoms with van der Waals surface area (Å²) in [7, 11) is 1.27. The average Bonchev–Trinajstić information content (AvgIpc) is 2.51. The van der Waals surface area contributed by atoms with Crippen LogP contribution in [0.2, 0.25) is 0 Å². The number of nitrogens with zero attached hydrogens (tertiary/aromatic N) is 2. The van der Waals surface area contributed by atoms with Gasteiger partial charge in [-0.15, -0.1) is 5.10 Å². The molecule has 0 aliphatic rings.